The van der Waals surface area contributed by atoms with Gasteiger partial charge in [-0.05, 0) is 43.9 Å². The molecule has 1 unspecified atom stereocenters. The molecule has 1 aromatic carbocycles. The zero-order chi connectivity index (χ0) is 15.0. The maximum Gasteiger partial charge on any atom is 0.416 e. The van der Waals surface area contributed by atoms with Gasteiger partial charge in [-0.3, -0.25) is 4.79 Å². The lowest BCUT2D eigenvalue weighted by Crippen LogP contribution is -2.53. The predicted molar refractivity (Wildman–Crippen MR) is 76.3 cm³/mol. The zero-order valence-electron chi connectivity index (χ0n) is 11.5. The molecule has 1 aliphatic carbocycles. The van der Waals surface area contributed by atoms with Crippen molar-refractivity contribution in [3.05, 3.63) is 35.4 Å². The molecular weight excluding hydrogens is 305 g/mol. The summed E-state index contributed by atoms with van der Waals surface area (Å²) in [6.07, 6.45) is -2.49. The normalized spacial score (nSPS) is 17.6. The highest BCUT2D eigenvalue weighted by Gasteiger charge is 2.41. The van der Waals surface area contributed by atoms with E-state index in [1.165, 1.54) is 12.1 Å². The van der Waals surface area contributed by atoms with Gasteiger partial charge in [0.1, 0.15) is 0 Å². The van der Waals surface area contributed by atoms with E-state index >= 15 is 0 Å². The van der Waals surface area contributed by atoms with Crippen molar-refractivity contribution in [1.29, 1.82) is 0 Å². The van der Waals surface area contributed by atoms with Gasteiger partial charge in [-0.2, -0.15) is 13.2 Å². The topological polar surface area (TPSA) is 55.1 Å². The first-order valence-electron chi connectivity index (χ1n) is 6.46. The fraction of sp³-hybridized carbons (Fsp3) is 0.500. The monoisotopic (exact) mass is 322 g/mol. The molecule has 3 nitrogen and oxygen atoms in total. The van der Waals surface area contributed by atoms with Gasteiger partial charge < -0.3 is 11.1 Å². The third-order valence-corrected chi connectivity index (χ3v) is 3.75. The van der Waals surface area contributed by atoms with Crippen molar-refractivity contribution in [2.45, 2.75) is 31.5 Å². The van der Waals surface area contributed by atoms with Crippen LogP contribution in [0.2, 0.25) is 0 Å². The Kier molecular flexibility index (Phi) is 5.28. The van der Waals surface area contributed by atoms with E-state index < -0.39 is 23.2 Å². The van der Waals surface area contributed by atoms with E-state index in [9.17, 15) is 18.0 Å². The summed E-state index contributed by atoms with van der Waals surface area (Å²) in [5, 5.41) is 2.77. The number of alkyl halides is 3. The fourth-order valence-electron chi connectivity index (χ4n) is 2.21. The highest BCUT2D eigenvalue weighted by molar-refractivity contribution is 5.95. The second kappa shape index (κ2) is 6.23. The van der Waals surface area contributed by atoms with Gasteiger partial charge in [-0.25, -0.2) is 0 Å². The van der Waals surface area contributed by atoms with Crippen molar-refractivity contribution >= 4 is 18.3 Å². The number of benzene rings is 1. The molecule has 1 atom stereocenters. The smallest absolute Gasteiger partial charge is 0.345 e. The Morgan fingerprint density at radius 3 is 2.48 bits per heavy atom. The van der Waals surface area contributed by atoms with Crippen LogP contribution in [0.25, 0.3) is 0 Å². The van der Waals surface area contributed by atoms with Crippen LogP contribution in [0.3, 0.4) is 0 Å². The molecule has 1 aliphatic rings. The second-order valence-electron chi connectivity index (χ2n) is 5.43. The molecule has 0 aromatic heterocycles. The van der Waals surface area contributed by atoms with Crippen molar-refractivity contribution in [1.82, 2.24) is 5.32 Å². The highest BCUT2D eigenvalue weighted by atomic mass is 35.5. The number of carbonyl (C=O) groups excluding carboxylic acids is 1. The Hall–Kier alpha value is -1.27. The number of amides is 1. The molecule has 0 heterocycles. The Balaban J connectivity index is 0.00000220. The van der Waals surface area contributed by atoms with Gasteiger partial charge in [0.15, 0.2) is 0 Å². The first kappa shape index (κ1) is 17.8. The van der Waals surface area contributed by atoms with Crippen molar-refractivity contribution in [3.8, 4) is 0 Å². The molecule has 1 aromatic rings. The summed E-state index contributed by atoms with van der Waals surface area (Å²) < 4.78 is 37.9. The van der Waals surface area contributed by atoms with Gasteiger partial charge in [0.25, 0.3) is 5.91 Å². The minimum absolute atomic E-state index is 0. The molecule has 0 spiro atoms. The maximum absolute atomic E-state index is 12.6. The fourth-order valence-corrected chi connectivity index (χ4v) is 2.21. The van der Waals surface area contributed by atoms with Crippen molar-refractivity contribution < 1.29 is 18.0 Å². The Morgan fingerprint density at radius 1 is 1.38 bits per heavy atom. The lowest BCUT2D eigenvalue weighted by molar-refractivity contribution is -0.137. The van der Waals surface area contributed by atoms with Gasteiger partial charge in [-0.15, -0.1) is 12.4 Å². The van der Waals surface area contributed by atoms with Gasteiger partial charge >= 0.3 is 6.18 Å². The lowest BCUT2D eigenvalue weighted by Gasteiger charge is -2.29. The molecule has 0 radical (unpaired) electrons. The number of rotatable bonds is 4. The standard InChI is InChI=1S/C14H17F3N2O.ClH/c1-13(8-18,10-5-6-10)19-12(20)9-3-2-4-11(7-9)14(15,16)17;/h2-4,7,10H,5-6,8,18H2,1H3,(H,19,20);1H. The van der Waals surface area contributed by atoms with Gasteiger partial charge in [0.2, 0.25) is 0 Å². The first-order valence-corrected chi connectivity index (χ1v) is 6.46. The van der Waals surface area contributed by atoms with E-state index in [1.807, 2.05) is 6.92 Å². The van der Waals surface area contributed by atoms with Crippen LogP contribution >= 0.6 is 12.4 Å². The van der Waals surface area contributed by atoms with E-state index in [0.29, 0.717) is 5.92 Å². The SMILES string of the molecule is CC(CN)(NC(=O)c1cccc(C(F)(F)F)c1)C1CC1.Cl. The third kappa shape index (κ3) is 4.11. The minimum atomic E-state index is -4.45. The molecule has 1 saturated carbocycles. The van der Waals surface area contributed by atoms with E-state index in [4.69, 9.17) is 5.73 Å². The largest absolute Gasteiger partial charge is 0.416 e. The van der Waals surface area contributed by atoms with Crippen LogP contribution in [0.4, 0.5) is 13.2 Å². The van der Waals surface area contributed by atoms with E-state index in [-0.39, 0.29) is 24.5 Å². The number of hydrogen-bond acceptors (Lipinski definition) is 2. The quantitative estimate of drug-likeness (QED) is 0.895. The molecule has 0 aliphatic heterocycles. The first-order chi connectivity index (χ1) is 9.26. The van der Waals surface area contributed by atoms with Gasteiger partial charge in [0.05, 0.1) is 11.1 Å². The Morgan fingerprint density at radius 2 is 2.00 bits per heavy atom. The predicted octanol–water partition coefficient (Wildman–Crippen LogP) is 2.98. The van der Waals surface area contributed by atoms with Gasteiger partial charge in [0, 0.05) is 12.1 Å². The summed E-state index contributed by atoms with van der Waals surface area (Å²) in [7, 11) is 0. The number of nitrogens with two attached hydrogens (primary N) is 1. The molecule has 21 heavy (non-hydrogen) atoms. The zero-order valence-corrected chi connectivity index (χ0v) is 12.4. The number of nitrogens with one attached hydrogen (secondary N) is 1. The van der Waals surface area contributed by atoms with Crippen molar-refractivity contribution in [2.24, 2.45) is 11.7 Å². The lowest BCUT2D eigenvalue weighted by atomic mass is 9.95. The molecule has 0 saturated heterocycles. The average Bonchev–Trinajstić information content (AvgIpc) is 3.22. The summed E-state index contributed by atoms with van der Waals surface area (Å²) >= 11 is 0. The maximum atomic E-state index is 12.6. The molecule has 0 bridgehead atoms. The molecule has 2 rings (SSSR count). The van der Waals surface area contributed by atoms with Crippen LogP contribution < -0.4 is 11.1 Å². The summed E-state index contributed by atoms with van der Waals surface area (Å²) in [6.45, 7) is 2.10. The molecular formula is C14H18ClF3N2O. The third-order valence-electron chi connectivity index (χ3n) is 3.75. The van der Waals surface area contributed by atoms with Gasteiger partial charge in [-0.1, -0.05) is 6.07 Å². The van der Waals surface area contributed by atoms with Crippen molar-refractivity contribution in [2.75, 3.05) is 6.54 Å². The summed E-state index contributed by atoms with van der Waals surface area (Å²) in [4.78, 5) is 12.1. The Labute approximate surface area is 127 Å². The minimum Gasteiger partial charge on any atom is -0.345 e. The Bertz CT molecular complexity index is 517. The summed E-state index contributed by atoms with van der Waals surface area (Å²) in [5.74, 6) is -0.210. The van der Waals surface area contributed by atoms with Crippen LogP contribution in [-0.4, -0.2) is 18.0 Å². The molecule has 1 amide bonds. The number of carbonyl (C=O) groups is 1. The number of hydrogen-bond donors (Lipinski definition) is 2. The molecule has 118 valence electrons. The van der Waals surface area contributed by atoms with E-state index in [1.54, 1.807) is 0 Å². The molecule has 7 heteroatoms. The van der Waals surface area contributed by atoms with Crippen LogP contribution in [0, 0.1) is 5.92 Å². The summed E-state index contributed by atoms with van der Waals surface area (Å²) in [6, 6.07) is 4.40. The van der Waals surface area contributed by atoms with Crippen LogP contribution in [0.5, 0.6) is 0 Å². The van der Waals surface area contributed by atoms with Crippen LogP contribution in [0.1, 0.15) is 35.7 Å². The average molecular weight is 323 g/mol. The van der Waals surface area contributed by atoms with E-state index in [2.05, 4.69) is 5.32 Å². The van der Waals surface area contributed by atoms with Crippen LogP contribution in [0.15, 0.2) is 24.3 Å². The number of halogens is 4. The van der Waals surface area contributed by atoms with E-state index in [0.717, 1.165) is 25.0 Å². The van der Waals surface area contributed by atoms with Crippen LogP contribution in [-0.2, 0) is 6.18 Å². The molecule has 3 N–H and O–H groups in total. The molecule has 1 fully saturated rings. The van der Waals surface area contributed by atoms with Crippen molar-refractivity contribution in [3.63, 3.8) is 0 Å². The summed E-state index contributed by atoms with van der Waals surface area (Å²) in [5.41, 5.74) is 4.30. The second-order valence-corrected chi connectivity index (χ2v) is 5.43. The highest BCUT2D eigenvalue weighted by Crippen LogP contribution is 2.39.